The Hall–Kier alpha value is -2.18. The van der Waals surface area contributed by atoms with Crippen LogP contribution in [0.5, 0.6) is 0 Å². The Kier molecular flexibility index (Phi) is 4.27. The van der Waals surface area contributed by atoms with Gasteiger partial charge in [0.15, 0.2) is 5.69 Å². The topological polar surface area (TPSA) is 87.2 Å². The smallest absolute Gasteiger partial charge is 0.274 e. The molecule has 0 saturated carbocycles. The minimum Gasteiger partial charge on any atom is -0.369 e. The molecule has 2 rings (SSSR count). The quantitative estimate of drug-likeness (QED) is 0.793. The summed E-state index contributed by atoms with van der Waals surface area (Å²) < 4.78 is 0. The molecule has 2 heterocycles. The van der Waals surface area contributed by atoms with E-state index in [0.29, 0.717) is 37.6 Å². The first kappa shape index (κ1) is 13.3. The second kappa shape index (κ2) is 6.12. The molecular formula is C12H17N5O2. The Morgan fingerprint density at radius 1 is 1.42 bits per heavy atom. The molecule has 1 aliphatic heterocycles. The van der Waals surface area contributed by atoms with E-state index >= 15 is 0 Å². The normalized spacial score (nSPS) is 15.6. The van der Waals surface area contributed by atoms with Crippen LogP contribution in [0.25, 0.3) is 0 Å². The fourth-order valence-electron chi connectivity index (χ4n) is 1.85. The minimum absolute atomic E-state index is 0.0242. The number of aromatic nitrogens is 2. The van der Waals surface area contributed by atoms with Crippen molar-refractivity contribution in [3.05, 3.63) is 17.8 Å². The van der Waals surface area contributed by atoms with Gasteiger partial charge in [-0.2, -0.15) is 0 Å². The standard InChI is InChI=1S/C12H17N5O2/c1-2-13-10-4-3-9(15-16-10)12(19)17-7-5-11(18)14-6-8-17/h3-4H,2,5-8H2,1H3,(H,13,16)(H,14,18). The van der Waals surface area contributed by atoms with Crippen LogP contribution in [0, 0.1) is 0 Å². The summed E-state index contributed by atoms with van der Waals surface area (Å²) in [6.07, 6.45) is 0.328. The number of anilines is 1. The molecular weight excluding hydrogens is 246 g/mol. The summed E-state index contributed by atoms with van der Waals surface area (Å²) in [4.78, 5) is 25.0. The van der Waals surface area contributed by atoms with Crippen LogP contribution in [-0.2, 0) is 4.79 Å². The van der Waals surface area contributed by atoms with Gasteiger partial charge >= 0.3 is 0 Å². The number of carbonyl (C=O) groups excluding carboxylic acids is 2. The zero-order chi connectivity index (χ0) is 13.7. The Bertz CT molecular complexity index is 460. The van der Waals surface area contributed by atoms with Gasteiger partial charge in [0.1, 0.15) is 5.82 Å². The van der Waals surface area contributed by atoms with E-state index < -0.39 is 0 Å². The maximum atomic E-state index is 12.2. The molecule has 1 aromatic rings. The van der Waals surface area contributed by atoms with Gasteiger partial charge in [-0.3, -0.25) is 9.59 Å². The molecule has 0 bridgehead atoms. The van der Waals surface area contributed by atoms with Crippen LogP contribution in [0.2, 0.25) is 0 Å². The molecule has 0 unspecified atom stereocenters. The van der Waals surface area contributed by atoms with Crippen LogP contribution in [-0.4, -0.2) is 53.1 Å². The van der Waals surface area contributed by atoms with E-state index in [1.54, 1.807) is 17.0 Å². The number of nitrogens with zero attached hydrogens (tertiary/aromatic N) is 3. The van der Waals surface area contributed by atoms with Gasteiger partial charge in [0.2, 0.25) is 5.91 Å². The van der Waals surface area contributed by atoms with E-state index in [0.717, 1.165) is 6.54 Å². The second-order valence-electron chi connectivity index (χ2n) is 4.23. The molecule has 1 saturated heterocycles. The van der Waals surface area contributed by atoms with E-state index in [-0.39, 0.29) is 11.8 Å². The lowest BCUT2D eigenvalue weighted by atomic mass is 10.3. The number of nitrogens with one attached hydrogen (secondary N) is 2. The number of hydrogen-bond donors (Lipinski definition) is 2. The lowest BCUT2D eigenvalue weighted by molar-refractivity contribution is -0.120. The van der Waals surface area contributed by atoms with Gasteiger partial charge in [-0.1, -0.05) is 0 Å². The molecule has 1 aromatic heterocycles. The molecule has 102 valence electrons. The first-order valence-corrected chi connectivity index (χ1v) is 6.34. The summed E-state index contributed by atoms with van der Waals surface area (Å²) in [7, 11) is 0. The summed E-state index contributed by atoms with van der Waals surface area (Å²) in [5.74, 6) is 0.433. The van der Waals surface area contributed by atoms with Gasteiger partial charge < -0.3 is 15.5 Å². The zero-order valence-corrected chi connectivity index (χ0v) is 10.8. The van der Waals surface area contributed by atoms with Gasteiger partial charge in [0, 0.05) is 32.6 Å². The molecule has 7 heteroatoms. The SMILES string of the molecule is CCNc1ccc(C(=O)N2CCNC(=O)CC2)nn1. The van der Waals surface area contributed by atoms with E-state index in [9.17, 15) is 9.59 Å². The minimum atomic E-state index is -0.188. The first-order chi connectivity index (χ1) is 9.20. The van der Waals surface area contributed by atoms with Crippen molar-refractivity contribution in [3.63, 3.8) is 0 Å². The van der Waals surface area contributed by atoms with Crippen LogP contribution in [0.15, 0.2) is 12.1 Å². The third-order valence-electron chi connectivity index (χ3n) is 2.84. The predicted molar refractivity (Wildman–Crippen MR) is 69.7 cm³/mol. The highest BCUT2D eigenvalue weighted by atomic mass is 16.2. The van der Waals surface area contributed by atoms with E-state index in [4.69, 9.17) is 0 Å². The van der Waals surface area contributed by atoms with E-state index in [2.05, 4.69) is 20.8 Å². The highest BCUT2D eigenvalue weighted by Crippen LogP contribution is 2.06. The van der Waals surface area contributed by atoms with Crippen molar-refractivity contribution in [3.8, 4) is 0 Å². The molecule has 2 N–H and O–H groups in total. The summed E-state index contributed by atoms with van der Waals surface area (Å²) in [6, 6.07) is 3.37. The molecule has 0 aromatic carbocycles. The average Bonchev–Trinajstić information content (AvgIpc) is 2.64. The Labute approximate surface area is 111 Å². The maximum Gasteiger partial charge on any atom is 0.274 e. The number of hydrogen-bond acceptors (Lipinski definition) is 5. The van der Waals surface area contributed by atoms with Crippen molar-refractivity contribution in [2.75, 3.05) is 31.5 Å². The van der Waals surface area contributed by atoms with Gasteiger partial charge in [-0.05, 0) is 19.1 Å². The van der Waals surface area contributed by atoms with E-state index in [1.807, 2.05) is 6.92 Å². The number of amides is 2. The van der Waals surface area contributed by atoms with Crippen molar-refractivity contribution < 1.29 is 9.59 Å². The lowest BCUT2D eigenvalue weighted by Crippen LogP contribution is -2.34. The van der Waals surface area contributed by atoms with Crippen LogP contribution in [0.4, 0.5) is 5.82 Å². The third-order valence-corrected chi connectivity index (χ3v) is 2.84. The molecule has 1 aliphatic rings. The van der Waals surface area contributed by atoms with Gasteiger partial charge in [-0.25, -0.2) is 0 Å². The highest BCUT2D eigenvalue weighted by Gasteiger charge is 2.20. The van der Waals surface area contributed by atoms with Crippen molar-refractivity contribution in [1.29, 1.82) is 0 Å². The maximum absolute atomic E-state index is 12.2. The van der Waals surface area contributed by atoms with Gasteiger partial charge in [-0.15, -0.1) is 10.2 Å². The Balaban J connectivity index is 2.03. The average molecular weight is 263 g/mol. The summed E-state index contributed by atoms with van der Waals surface area (Å²) in [5.41, 5.74) is 0.302. The molecule has 7 nitrogen and oxygen atoms in total. The molecule has 19 heavy (non-hydrogen) atoms. The fraction of sp³-hybridized carbons (Fsp3) is 0.500. The lowest BCUT2D eigenvalue weighted by Gasteiger charge is -2.18. The zero-order valence-electron chi connectivity index (χ0n) is 10.8. The van der Waals surface area contributed by atoms with Gasteiger partial charge in [0.25, 0.3) is 5.91 Å². The summed E-state index contributed by atoms with van der Waals surface area (Å²) in [5, 5.41) is 13.6. The monoisotopic (exact) mass is 263 g/mol. The molecule has 0 spiro atoms. The van der Waals surface area contributed by atoms with Crippen LogP contribution in [0.3, 0.4) is 0 Å². The molecule has 0 atom stereocenters. The van der Waals surface area contributed by atoms with Crippen molar-refractivity contribution in [1.82, 2.24) is 20.4 Å². The van der Waals surface area contributed by atoms with Crippen molar-refractivity contribution >= 4 is 17.6 Å². The Morgan fingerprint density at radius 2 is 2.26 bits per heavy atom. The highest BCUT2D eigenvalue weighted by molar-refractivity contribution is 5.92. The number of carbonyl (C=O) groups is 2. The third kappa shape index (κ3) is 3.40. The molecule has 0 aliphatic carbocycles. The van der Waals surface area contributed by atoms with Gasteiger partial charge in [0.05, 0.1) is 0 Å². The Morgan fingerprint density at radius 3 is 2.95 bits per heavy atom. The summed E-state index contributed by atoms with van der Waals surface area (Å²) >= 11 is 0. The number of rotatable bonds is 3. The second-order valence-corrected chi connectivity index (χ2v) is 4.23. The molecule has 2 amide bonds. The van der Waals surface area contributed by atoms with Crippen LogP contribution < -0.4 is 10.6 Å². The molecule has 1 fully saturated rings. The predicted octanol–water partition coefficient (Wildman–Crippen LogP) is -0.130. The largest absolute Gasteiger partial charge is 0.369 e. The van der Waals surface area contributed by atoms with Crippen molar-refractivity contribution in [2.45, 2.75) is 13.3 Å². The van der Waals surface area contributed by atoms with E-state index in [1.165, 1.54) is 0 Å². The van der Waals surface area contributed by atoms with Crippen LogP contribution in [0.1, 0.15) is 23.8 Å². The fourth-order valence-corrected chi connectivity index (χ4v) is 1.85. The molecule has 0 radical (unpaired) electrons. The summed E-state index contributed by atoms with van der Waals surface area (Å²) in [6.45, 7) is 4.11. The first-order valence-electron chi connectivity index (χ1n) is 6.34. The van der Waals surface area contributed by atoms with Crippen molar-refractivity contribution in [2.24, 2.45) is 0 Å². The van der Waals surface area contributed by atoms with Crippen LogP contribution >= 0.6 is 0 Å².